The van der Waals surface area contributed by atoms with Crippen molar-refractivity contribution in [1.29, 1.82) is 0 Å². The van der Waals surface area contributed by atoms with Crippen molar-refractivity contribution >= 4 is 5.91 Å². The molecule has 0 spiro atoms. The molecule has 0 aliphatic heterocycles. The van der Waals surface area contributed by atoms with Crippen molar-refractivity contribution in [2.24, 2.45) is 0 Å². The fourth-order valence-electron chi connectivity index (χ4n) is 1.79. The van der Waals surface area contributed by atoms with Crippen molar-refractivity contribution in [3.8, 4) is 11.3 Å². The molecule has 5 nitrogen and oxygen atoms in total. The Morgan fingerprint density at radius 1 is 1.35 bits per heavy atom. The highest BCUT2D eigenvalue weighted by Crippen LogP contribution is 2.14. The molecule has 0 fully saturated rings. The first-order chi connectivity index (χ1) is 9.79. The lowest BCUT2D eigenvalue weighted by Gasteiger charge is -2.04. The Balaban J connectivity index is 1.82. The lowest BCUT2D eigenvalue weighted by atomic mass is 10.2. The molecule has 0 atom stereocenters. The van der Waals surface area contributed by atoms with E-state index < -0.39 is 0 Å². The molecule has 2 aromatic heterocycles. The SMILES string of the molecule is C=CCCC(=O)NCCn1ccc(-c2ccncc2)n1. The van der Waals surface area contributed by atoms with Crippen molar-refractivity contribution in [1.82, 2.24) is 20.1 Å². The van der Waals surface area contributed by atoms with Crippen molar-refractivity contribution in [2.75, 3.05) is 6.54 Å². The fourth-order valence-corrected chi connectivity index (χ4v) is 1.79. The summed E-state index contributed by atoms with van der Waals surface area (Å²) in [6.07, 6.45) is 8.34. The van der Waals surface area contributed by atoms with Gasteiger partial charge in [0.05, 0.1) is 12.2 Å². The van der Waals surface area contributed by atoms with E-state index in [1.165, 1.54) is 0 Å². The second-order valence-electron chi connectivity index (χ2n) is 4.38. The highest BCUT2D eigenvalue weighted by molar-refractivity contribution is 5.75. The Kier molecular flexibility index (Phi) is 5.06. The number of amides is 1. The largest absolute Gasteiger partial charge is 0.354 e. The average Bonchev–Trinajstić information content (AvgIpc) is 2.95. The third-order valence-electron chi connectivity index (χ3n) is 2.86. The molecule has 2 aromatic rings. The number of carbonyl (C=O) groups excluding carboxylic acids is 1. The van der Waals surface area contributed by atoms with Gasteiger partial charge in [-0.2, -0.15) is 5.10 Å². The highest BCUT2D eigenvalue weighted by Gasteiger charge is 2.02. The molecular formula is C15H18N4O. The summed E-state index contributed by atoms with van der Waals surface area (Å²) in [6.45, 7) is 4.83. The minimum absolute atomic E-state index is 0.0476. The topological polar surface area (TPSA) is 59.8 Å². The number of rotatable bonds is 7. The quantitative estimate of drug-likeness (QED) is 0.783. The molecule has 2 heterocycles. The Labute approximate surface area is 118 Å². The van der Waals surface area contributed by atoms with Crippen molar-refractivity contribution in [2.45, 2.75) is 19.4 Å². The van der Waals surface area contributed by atoms with E-state index >= 15 is 0 Å². The van der Waals surface area contributed by atoms with Crippen LogP contribution in [0.4, 0.5) is 0 Å². The number of aromatic nitrogens is 3. The van der Waals surface area contributed by atoms with Crippen LogP contribution in [0.15, 0.2) is 49.4 Å². The van der Waals surface area contributed by atoms with Crippen LogP contribution in [-0.4, -0.2) is 27.2 Å². The van der Waals surface area contributed by atoms with E-state index in [4.69, 9.17) is 0 Å². The molecule has 0 aliphatic carbocycles. The zero-order valence-electron chi connectivity index (χ0n) is 11.3. The maximum Gasteiger partial charge on any atom is 0.220 e. The van der Waals surface area contributed by atoms with E-state index in [1.807, 2.05) is 29.1 Å². The first-order valence-electron chi connectivity index (χ1n) is 6.61. The van der Waals surface area contributed by atoms with Crippen LogP contribution in [0.5, 0.6) is 0 Å². The highest BCUT2D eigenvalue weighted by atomic mass is 16.1. The van der Waals surface area contributed by atoms with Crippen LogP contribution in [0, 0.1) is 0 Å². The number of nitrogens with one attached hydrogen (secondary N) is 1. The molecule has 0 bridgehead atoms. The Morgan fingerprint density at radius 2 is 2.15 bits per heavy atom. The van der Waals surface area contributed by atoms with Gasteiger partial charge in [0, 0.05) is 37.1 Å². The molecule has 0 saturated carbocycles. The summed E-state index contributed by atoms with van der Waals surface area (Å²) in [6, 6.07) is 5.79. The van der Waals surface area contributed by atoms with Gasteiger partial charge in [-0.25, -0.2) is 0 Å². The molecule has 1 amide bonds. The average molecular weight is 270 g/mol. The summed E-state index contributed by atoms with van der Waals surface area (Å²) in [5, 5.41) is 7.32. The van der Waals surface area contributed by atoms with Crippen molar-refractivity contribution in [3.63, 3.8) is 0 Å². The summed E-state index contributed by atoms with van der Waals surface area (Å²) in [7, 11) is 0. The van der Waals surface area contributed by atoms with Crippen LogP contribution in [0.25, 0.3) is 11.3 Å². The number of pyridine rings is 1. The monoisotopic (exact) mass is 270 g/mol. The zero-order valence-corrected chi connectivity index (χ0v) is 11.3. The molecule has 0 radical (unpaired) electrons. The number of hydrogen-bond acceptors (Lipinski definition) is 3. The Bertz CT molecular complexity index is 562. The standard InChI is InChI=1S/C15H18N4O/c1-2-3-4-15(20)17-10-12-19-11-7-14(18-19)13-5-8-16-9-6-13/h2,5-9,11H,1,3-4,10,12H2,(H,17,20). The van der Waals surface area contributed by atoms with Gasteiger partial charge < -0.3 is 5.32 Å². The molecule has 0 saturated heterocycles. The maximum absolute atomic E-state index is 11.4. The van der Waals surface area contributed by atoms with E-state index in [2.05, 4.69) is 22.0 Å². The number of allylic oxidation sites excluding steroid dienone is 1. The van der Waals surface area contributed by atoms with E-state index in [-0.39, 0.29) is 5.91 Å². The normalized spacial score (nSPS) is 10.2. The summed E-state index contributed by atoms with van der Waals surface area (Å²) >= 11 is 0. The summed E-state index contributed by atoms with van der Waals surface area (Å²) in [5.41, 5.74) is 1.94. The van der Waals surface area contributed by atoms with Gasteiger partial charge in [0.15, 0.2) is 0 Å². The van der Waals surface area contributed by atoms with Crippen LogP contribution < -0.4 is 5.32 Å². The lowest BCUT2D eigenvalue weighted by Crippen LogP contribution is -2.26. The predicted octanol–water partition coefficient (Wildman–Crippen LogP) is 2.03. The summed E-state index contributed by atoms with van der Waals surface area (Å²) in [4.78, 5) is 15.4. The zero-order chi connectivity index (χ0) is 14.2. The fraction of sp³-hybridized carbons (Fsp3) is 0.267. The smallest absolute Gasteiger partial charge is 0.220 e. The van der Waals surface area contributed by atoms with E-state index in [0.29, 0.717) is 25.9 Å². The molecule has 0 unspecified atom stereocenters. The van der Waals surface area contributed by atoms with Crippen molar-refractivity contribution < 1.29 is 4.79 Å². The van der Waals surface area contributed by atoms with Crippen LogP contribution in [0.2, 0.25) is 0 Å². The molecule has 2 rings (SSSR count). The molecule has 20 heavy (non-hydrogen) atoms. The van der Waals surface area contributed by atoms with Gasteiger partial charge in [-0.05, 0) is 24.6 Å². The first kappa shape index (κ1) is 14.0. The minimum Gasteiger partial charge on any atom is -0.354 e. The van der Waals surface area contributed by atoms with Gasteiger partial charge in [0.25, 0.3) is 0 Å². The summed E-state index contributed by atoms with van der Waals surface area (Å²) in [5.74, 6) is 0.0476. The third kappa shape index (κ3) is 4.05. The van der Waals surface area contributed by atoms with Crippen LogP contribution in [0.3, 0.4) is 0 Å². The second kappa shape index (κ2) is 7.23. The van der Waals surface area contributed by atoms with Gasteiger partial charge in [0.1, 0.15) is 0 Å². The molecule has 0 aliphatic rings. The molecule has 0 aromatic carbocycles. The minimum atomic E-state index is 0.0476. The van der Waals surface area contributed by atoms with Crippen LogP contribution in [-0.2, 0) is 11.3 Å². The van der Waals surface area contributed by atoms with E-state index in [9.17, 15) is 4.79 Å². The number of nitrogens with zero attached hydrogens (tertiary/aromatic N) is 3. The van der Waals surface area contributed by atoms with E-state index in [1.54, 1.807) is 18.5 Å². The van der Waals surface area contributed by atoms with Gasteiger partial charge >= 0.3 is 0 Å². The Hall–Kier alpha value is -2.43. The number of hydrogen-bond donors (Lipinski definition) is 1. The van der Waals surface area contributed by atoms with Crippen LogP contribution in [0.1, 0.15) is 12.8 Å². The number of carbonyl (C=O) groups is 1. The predicted molar refractivity (Wildman–Crippen MR) is 77.9 cm³/mol. The van der Waals surface area contributed by atoms with Gasteiger partial charge in [0.2, 0.25) is 5.91 Å². The molecular weight excluding hydrogens is 252 g/mol. The first-order valence-corrected chi connectivity index (χ1v) is 6.61. The van der Waals surface area contributed by atoms with E-state index in [0.717, 1.165) is 11.3 Å². The molecule has 104 valence electrons. The third-order valence-corrected chi connectivity index (χ3v) is 2.86. The Morgan fingerprint density at radius 3 is 2.90 bits per heavy atom. The van der Waals surface area contributed by atoms with Crippen molar-refractivity contribution in [3.05, 3.63) is 49.4 Å². The van der Waals surface area contributed by atoms with Gasteiger partial charge in [-0.1, -0.05) is 6.08 Å². The second-order valence-corrected chi connectivity index (χ2v) is 4.38. The molecule has 5 heteroatoms. The van der Waals surface area contributed by atoms with Gasteiger partial charge in [-0.15, -0.1) is 6.58 Å². The van der Waals surface area contributed by atoms with Gasteiger partial charge in [-0.3, -0.25) is 14.5 Å². The maximum atomic E-state index is 11.4. The molecule has 1 N–H and O–H groups in total. The summed E-state index contributed by atoms with van der Waals surface area (Å²) < 4.78 is 1.82. The van der Waals surface area contributed by atoms with Crippen LogP contribution >= 0.6 is 0 Å². The lowest BCUT2D eigenvalue weighted by molar-refractivity contribution is -0.121.